The molecule has 0 radical (unpaired) electrons. The number of alkyl halides is 3. The zero-order chi connectivity index (χ0) is 21.5. The first-order chi connectivity index (χ1) is 14.2. The van der Waals surface area contributed by atoms with Crippen LogP contribution in [0.15, 0.2) is 64.4 Å². The van der Waals surface area contributed by atoms with Gasteiger partial charge in [-0.25, -0.2) is 9.98 Å². The lowest BCUT2D eigenvalue weighted by atomic mass is 10.1. The lowest BCUT2D eigenvalue weighted by molar-refractivity contribution is -0.137. The predicted molar refractivity (Wildman–Crippen MR) is 109 cm³/mol. The zero-order valence-electron chi connectivity index (χ0n) is 16.2. The van der Waals surface area contributed by atoms with Crippen LogP contribution >= 0.6 is 0 Å². The molecule has 1 aliphatic rings. The van der Waals surface area contributed by atoms with Crippen LogP contribution in [0.3, 0.4) is 0 Å². The number of halogens is 3. The highest BCUT2D eigenvalue weighted by Gasteiger charge is 2.31. The lowest BCUT2D eigenvalue weighted by Gasteiger charge is -2.27. The summed E-state index contributed by atoms with van der Waals surface area (Å²) in [5.41, 5.74) is 1.42. The number of aromatic nitrogens is 2. The molecular formula is C21H18F3N5O. The topological polar surface area (TPSA) is 71.3 Å². The number of nitrogens with one attached hydrogen (secondary N) is 2. The van der Waals surface area contributed by atoms with Crippen LogP contribution in [0.4, 0.5) is 24.8 Å². The summed E-state index contributed by atoms with van der Waals surface area (Å²) in [6.07, 6.45) is -5.17. The normalized spacial score (nSPS) is 15.8. The molecule has 6 nitrogen and oxygen atoms in total. The predicted octanol–water partition coefficient (Wildman–Crippen LogP) is 4.32. The van der Waals surface area contributed by atoms with E-state index in [1.54, 1.807) is 6.92 Å². The summed E-state index contributed by atoms with van der Waals surface area (Å²) in [6.45, 7) is 3.62. The Morgan fingerprint density at radius 3 is 2.57 bits per heavy atom. The van der Waals surface area contributed by atoms with Crippen LogP contribution in [0.5, 0.6) is 0 Å². The van der Waals surface area contributed by atoms with E-state index in [0.717, 1.165) is 23.3 Å². The van der Waals surface area contributed by atoms with Gasteiger partial charge in [-0.2, -0.15) is 13.2 Å². The van der Waals surface area contributed by atoms with Crippen LogP contribution in [0.2, 0.25) is 0 Å². The summed E-state index contributed by atoms with van der Waals surface area (Å²) in [6, 6.07) is 13.7. The van der Waals surface area contributed by atoms with Crippen molar-refractivity contribution in [2.75, 3.05) is 10.6 Å². The maximum atomic E-state index is 13.0. The van der Waals surface area contributed by atoms with E-state index in [1.165, 1.54) is 22.8 Å². The van der Waals surface area contributed by atoms with Gasteiger partial charge in [0.2, 0.25) is 11.9 Å². The third-order valence-electron chi connectivity index (χ3n) is 4.60. The van der Waals surface area contributed by atoms with Crippen LogP contribution < -0.4 is 16.2 Å². The molecule has 9 heteroatoms. The molecule has 1 atom stereocenters. The van der Waals surface area contributed by atoms with Gasteiger partial charge in [0, 0.05) is 17.4 Å². The molecule has 2 N–H and O–H groups in total. The summed E-state index contributed by atoms with van der Waals surface area (Å²) in [7, 11) is 0. The average Bonchev–Trinajstić information content (AvgIpc) is 2.66. The quantitative estimate of drug-likeness (QED) is 0.657. The van der Waals surface area contributed by atoms with Gasteiger partial charge < -0.3 is 5.32 Å². The first-order valence-electron chi connectivity index (χ1n) is 9.16. The lowest BCUT2D eigenvalue weighted by Crippen LogP contribution is -2.37. The molecule has 0 fully saturated rings. The molecule has 0 saturated carbocycles. The highest BCUT2D eigenvalue weighted by molar-refractivity contribution is 6.03. The van der Waals surface area contributed by atoms with Crippen molar-refractivity contribution in [2.45, 2.75) is 26.2 Å². The van der Waals surface area contributed by atoms with Crippen molar-refractivity contribution >= 4 is 17.6 Å². The average molecular weight is 413 g/mol. The van der Waals surface area contributed by atoms with Crippen molar-refractivity contribution in [3.8, 4) is 0 Å². The fraction of sp³-hybridized carbons (Fsp3) is 0.190. The van der Waals surface area contributed by atoms with Crippen LogP contribution in [0, 0.1) is 13.8 Å². The van der Waals surface area contributed by atoms with E-state index in [4.69, 9.17) is 0 Å². The highest BCUT2D eigenvalue weighted by atomic mass is 19.4. The van der Waals surface area contributed by atoms with E-state index in [9.17, 15) is 18.0 Å². The molecule has 0 spiro atoms. The maximum Gasteiger partial charge on any atom is 0.416 e. The van der Waals surface area contributed by atoms with Crippen molar-refractivity contribution in [3.63, 3.8) is 0 Å². The molecule has 2 aromatic carbocycles. The van der Waals surface area contributed by atoms with Gasteiger partial charge in [-0.05, 0) is 37.6 Å². The minimum Gasteiger partial charge on any atom is -0.326 e. The van der Waals surface area contributed by atoms with Crippen molar-refractivity contribution < 1.29 is 13.2 Å². The molecule has 1 aliphatic heterocycles. The van der Waals surface area contributed by atoms with E-state index in [2.05, 4.69) is 20.6 Å². The Bertz CT molecular complexity index is 1200. The summed E-state index contributed by atoms with van der Waals surface area (Å²) < 4.78 is 40.5. The molecule has 0 saturated heterocycles. The summed E-state index contributed by atoms with van der Waals surface area (Å²) in [5.74, 6) is 0.453. The fourth-order valence-electron chi connectivity index (χ4n) is 3.28. The van der Waals surface area contributed by atoms with E-state index in [-0.39, 0.29) is 23.2 Å². The molecule has 0 aliphatic carbocycles. The number of hydrogen-bond acceptors (Lipinski definition) is 5. The summed E-state index contributed by atoms with van der Waals surface area (Å²) in [5, 5.41) is 5.78. The van der Waals surface area contributed by atoms with Gasteiger partial charge in [-0.15, -0.1) is 0 Å². The minimum atomic E-state index is -4.46. The van der Waals surface area contributed by atoms with Crippen LogP contribution in [-0.2, 0) is 6.18 Å². The molecule has 1 unspecified atom stereocenters. The number of nitrogens with zero attached hydrogens (tertiary/aromatic N) is 3. The number of guanidine groups is 1. The third-order valence-corrected chi connectivity index (χ3v) is 4.60. The Morgan fingerprint density at radius 1 is 1.07 bits per heavy atom. The number of anilines is 2. The highest BCUT2D eigenvalue weighted by Crippen LogP contribution is 2.31. The monoisotopic (exact) mass is 413 g/mol. The molecule has 3 aromatic rings. The largest absolute Gasteiger partial charge is 0.416 e. The third kappa shape index (κ3) is 3.91. The van der Waals surface area contributed by atoms with Crippen molar-refractivity contribution in [2.24, 2.45) is 4.99 Å². The van der Waals surface area contributed by atoms with Crippen molar-refractivity contribution in [1.29, 1.82) is 0 Å². The van der Waals surface area contributed by atoms with Gasteiger partial charge in [0.15, 0.2) is 6.17 Å². The first kappa shape index (κ1) is 19.7. The Balaban J connectivity index is 1.77. The number of rotatable bonds is 2. The van der Waals surface area contributed by atoms with Crippen molar-refractivity contribution in [3.05, 3.63) is 87.3 Å². The standard InChI is InChI=1S/C21H18F3N5O/c1-12-5-3-6-14(9-12)18-27-19(28-20-25-13(2)10-17(30)29(18)20)26-16-8-4-7-15(11-16)21(22,23)24/h3-11,18H,1-2H3,(H2,25,26,27,28). The van der Waals surface area contributed by atoms with Crippen LogP contribution in [0.25, 0.3) is 0 Å². The van der Waals surface area contributed by atoms with E-state index < -0.39 is 17.9 Å². The molecule has 1 aromatic heterocycles. The fourth-order valence-corrected chi connectivity index (χ4v) is 3.28. The molecule has 30 heavy (non-hydrogen) atoms. The smallest absolute Gasteiger partial charge is 0.326 e. The minimum absolute atomic E-state index is 0.193. The molecule has 154 valence electrons. The maximum absolute atomic E-state index is 13.0. The second-order valence-electron chi connectivity index (χ2n) is 7.02. The second-order valence-corrected chi connectivity index (χ2v) is 7.02. The molecule has 4 rings (SSSR count). The van der Waals surface area contributed by atoms with Gasteiger partial charge in [0.1, 0.15) is 0 Å². The van der Waals surface area contributed by atoms with Crippen molar-refractivity contribution in [1.82, 2.24) is 9.55 Å². The van der Waals surface area contributed by atoms with Gasteiger partial charge in [-0.1, -0.05) is 35.9 Å². The Hall–Kier alpha value is -3.62. The second kappa shape index (κ2) is 7.33. The molecule has 0 bridgehead atoms. The molecule has 2 heterocycles. The zero-order valence-corrected chi connectivity index (χ0v) is 16.2. The van der Waals surface area contributed by atoms with E-state index in [1.807, 2.05) is 31.2 Å². The SMILES string of the molecule is Cc1cccc(C2N=C(Nc3cccc(C(F)(F)F)c3)Nc3nc(C)cc(=O)n32)c1. The Kier molecular flexibility index (Phi) is 4.81. The number of benzene rings is 2. The van der Waals surface area contributed by atoms with Crippen LogP contribution in [0.1, 0.15) is 28.6 Å². The number of fused-ring (bicyclic) bond motifs is 1. The summed E-state index contributed by atoms with van der Waals surface area (Å²) in [4.78, 5) is 21.6. The summed E-state index contributed by atoms with van der Waals surface area (Å²) >= 11 is 0. The Morgan fingerprint density at radius 2 is 1.83 bits per heavy atom. The van der Waals surface area contributed by atoms with Gasteiger partial charge in [0.25, 0.3) is 5.56 Å². The Labute approximate surface area is 170 Å². The first-order valence-corrected chi connectivity index (χ1v) is 9.16. The molecule has 0 amide bonds. The van der Waals surface area contributed by atoms with E-state index >= 15 is 0 Å². The van der Waals surface area contributed by atoms with E-state index in [0.29, 0.717) is 5.69 Å². The number of hydrogen-bond donors (Lipinski definition) is 2. The van der Waals surface area contributed by atoms with Gasteiger partial charge in [0.05, 0.1) is 5.56 Å². The number of aliphatic imine (C=N–C) groups is 1. The molecular weight excluding hydrogens is 395 g/mol. The van der Waals surface area contributed by atoms with Gasteiger partial charge in [-0.3, -0.25) is 14.7 Å². The number of aryl methyl sites for hydroxylation is 2. The van der Waals surface area contributed by atoms with Gasteiger partial charge >= 0.3 is 6.18 Å². The van der Waals surface area contributed by atoms with Crippen LogP contribution in [-0.4, -0.2) is 15.5 Å².